The molecule has 55 heavy (non-hydrogen) atoms. The predicted molar refractivity (Wildman–Crippen MR) is 214 cm³/mol. The zero-order valence-electron chi connectivity index (χ0n) is 31.8. The van der Waals surface area contributed by atoms with Crippen LogP contribution in [0.4, 0.5) is 11.4 Å². The topological polar surface area (TPSA) is 118 Å². The molecule has 3 heterocycles. The van der Waals surface area contributed by atoms with Gasteiger partial charge in [-0.25, -0.2) is 0 Å². The highest BCUT2D eigenvalue weighted by molar-refractivity contribution is 6.00. The molecular weight excluding hydrogens is 693 g/mol. The van der Waals surface area contributed by atoms with Gasteiger partial charge in [0.05, 0.1) is 0 Å². The number of nitrogens with one attached hydrogen (secondary N) is 2. The molecule has 284 valence electrons. The summed E-state index contributed by atoms with van der Waals surface area (Å²) >= 11 is 0. The number of carbonyl (C=O) groups is 4. The van der Waals surface area contributed by atoms with Crippen molar-refractivity contribution in [1.29, 1.82) is 0 Å². The van der Waals surface area contributed by atoms with Crippen LogP contribution in [0.15, 0.2) is 114 Å². The third kappa shape index (κ3) is 8.04. The van der Waals surface area contributed by atoms with E-state index in [-0.39, 0.29) is 23.6 Å². The number of likely N-dealkylation sites (N-methyl/N-ethyl adjacent to an activating group) is 2. The van der Waals surface area contributed by atoms with Crippen molar-refractivity contribution in [3.63, 3.8) is 0 Å². The van der Waals surface area contributed by atoms with E-state index in [1.807, 2.05) is 141 Å². The summed E-state index contributed by atoms with van der Waals surface area (Å²) in [5, 5.41) is 6.88. The maximum Gasteiger partial charge on any atom is 0.247 e. The molecule has 2 N–H and O–H groups in total. The molecule has 5 aromatic rings. The van der Waals surface area contributed by atoms with E-state index in [9.17, 15) is 19.2 Å². The van der Waals surface area contributed by atoms with Crippen LogP contribution in [0.5, 0.6) is 0 Å². The number of hydrogen-bond acceptors (Lipinski definition) is 7. The number of anilines is 2. The average molecular weight is 741 g/mol. The maximum atomic E-state index is 13.8. The van der Waals surface area contributed by atoms with E-state index in [1.165, 1.54) is 0 Å². The maximum absolute atomic E-state index is 13.8. The van der Waals surface area contributed by atoms with E-state index in [2.05, 4.69) is 10.6 Å². The van der Waals surface area contributed by atoms with Gasteiger partial charge in [0.1, 0.15) is 35.5 Å². The van der Waals surface area contributed by atoms with E-state index >= 15 is 0 Å². The molecule has 0 bridgehead atoms. The van der Waals surface area contributed by atoms with Crippen molar-refractivity contribution in [3.05, 3.63) is 120 Å². The first-order valence-corrected chi connectivity index (χ1v) is 18.9. The second-order valence-electron chi connectivity index (χ2n) is 14.9. The van der Waals surface area contributed by atoms with Crippen LogP contribution in [0.2, 0.25) is 0 Å². The Labute approximate surface area is 321 Å². The molecule has 2 fully saturated rings. The first-order valence-electron chi connectivity index (χ1n) is 18.9. The number of amides is 4. The van der Waals surface area contributed by atoms with Crippen molar-refractivity contribution < 1.29 is 23.6 Å². The molecular formula is C44H48N6O5. The third-order valence-corrected chi connectivity index (χ3v) is 10.6. The fraction of sp³-hybridized carbons (Fsp3) is 0.318. The summed E-state index contributed by atoms with van der Waals surface area (Å²) in [4.78, 5) is 61.8. The molecule has 2 saturated heterocycles. The number of rotatable bonds is 11. The molecule has 4 amide bonds. The Morgan fingerprint density at radius 3 is 1.58 bits per heavy atom. The number of furan rings is 1. The summed E-state index contributed by atoms with van der Waals surface area (Å²) in [6.45, 7) is 1.07. The lowest BCUT2D eigenvalue weighted by molar-refractivity contribution is -0.141. The fourth-order valence-electron chi connectivity index (χ4n) is 7.95. The lowest BCUT2D eigenvalue weighted by Gasteiger charge is -2.31. The average Bonchev–Trinajstić information content (AvgIpc) is 3.96. The number of benzene rings is 4. The van der Waals surface area contributed by atoms with Gasteiger partial charge in [0.15, 0.2) is 0 Å². The Kier molecular flexibility index (Phi) is 11.1. The van der Waals surface area contributed by atoms with Crippen LogP contribution in [0.3, 0.4) is 0 Å². The molecule has 0 radical (unpaired) electrons. The number of hydrogen-bond donors (Lipinski definition) is 2. The second-order valence-corrected chi connectivity index (χ2v) is 14.9. The van der Waals surface area contributed by atoms with Crippen molar-refractivity contribution in [2.75, 3.05) is 51.9 Å². The second kappa shape index (κ2) is 16.3. The van der Waals surface area contributed by atoms with E-state index in [0.717, 1.165) is 34.9 Å². The van der Waals surface area contributed by atoms with Crippen molar-refractivity contribution in [3.8, 4) is 11.3 Å². The predicted octanol–water partition coefficient (Wildman–Crippen LogP) is 6.56. The molecule has 0 aliphatic carbocycles. The molecule has 0 unspecified atom stereocenters. The third-order valence-electron chi connectivity index (χ3n) is 10.6. The molecule has 0 saturated carbocycles. The van der Waals surface area contributed by atoms with Crippen LogP contribution in [0.1, 0.15) is 48.9 Å². The Morgan fingerprint density at radius 2 is 1.09 bits per heavy atom. The Balaban J connectivity index is 0.992. The van der Waals surface area contributed by atoms with Crippen molar-refractivity contribution in [2.24, 2.45) is 0 Å². The molecule has 11 nitrogen and oxygen atoms in total. The van der Waals surface area contributed by atoms with Gasteiger partial charge in [-0.05, 0) is 114 Å². The summed E-state index contributed by atoms with van der Waals surface area (Å²) in [7, 11) is 7.52. The SMILES string of the molecule is CN(C)[C@@H](C(=O)N1CCC[C@H]1C(=O)Nc1ccc(-c2cc3cc(NC(=O)[C@@H]4CCCN4C(=O)[C@@H](c4ccccc4)N(C)C)ccc3o2)cc1)c1ccccc1. The Morgan fingerprint density at radius 1 is 0.618 bits per heavy atom. The normalized spacial score (nSPS) is 18.1. The minimum atomic E-state index is -0.560. The zero-order chi connectivity index (χ0) is 38.6. The van der Waals surface area contributed by atoms with Crippen LogP contribution < -0.4 is 10.6 Å². The van der Waals surface area contributed by atoms with Gasteiger partial charge in [0.2, 0.25) is 23.6 Å². The fourth-order valence-corrected chi connectivity index (χ4v) is 7.95. The van der Waals surface area contributed by atoms with Gasteiger partial charge >= 0.3 is 0 Å². The minimum Gasteiger partial charge on any atom is -0.456 e. The largest absolute Gasteiger partial charge is 0.456 e. The monoisotopic (exact) mass is 740 g/mol. The van der Waals surface area contributed by atoms with Crippen LogP contribution in [-0.4, -0.2) is 96.6 Å². The van der Waals surface area contributed by atoms with Gasteiger partial charge in [-0.3, -0.25) is 29.0 Å². The van der Waals surface area contributed by atoms with Crippen LogP contribution in [0, 0.1) is 0 Å². The molecule has 2 aliphatic heterocycles. The van der Waals surface area contributed by atoms with Gasteiger partial charge < -0.3 is 24.9 Å². The van der Waals surface area contributed by atoms with E-state index < -0.39 is 24.2 Å². The molecule has 4 aromatic carbocycles. The molecule has 2 aliphatic rings. The smallest absolute Gasteiger partial charge is 0.247 e. The number of fused-ring (bicyclic) bond motifs is 1. The highest BCUT2D eigenvalue weighted by Crippen LogP contribution is 2.32. The minimum absolute atomic E-state index is 0.0793. The first kappa shape index (κ1) is 37.5. The van der Waals surface area contributed by atoms with Crippen LogP contribution in [0.25, 0.3) is 22.3 Å². The van der Waals surface area contributed by atoms with Gasteiger partial charge in [-0.1, -0.05) is 60.7 Å². The lowest BCUT2D eigenvalue weighted by Crippen LogP contribution is -2.47. The van der Waals surface area contributed by atoms with Gasteiger partial charge in [-0.15, -0.1) is 0 Å². The number of nitrogens with zero attached hydrogens (tertiary/aromatic N) is 4. The molecule has 11 heteroatoms. The first-order chi connectivity index (χ1) is 26.6. The summed E-state index contributed by atoms with van der Waals surface area (Å²) in [5.41, 5.74) is 4.52. The molecule has 0 spiro atoms. The Bertz CT molecular complexity index is 2150. The summed E-state index contributed by atoms with van der Waals surface area (Å²) in [6, 6.07) is 32.1. The molecule has 7 rings (SSSR count). The van der Waals surface area contributed by atoms with Crippen LogP contribution in [-0.2, 0) is 19.2 Å². The van der Waals surface area contributed by atoms with Gasteiger partial charge in [-0.2, -0.15) is 0 Å². The van der Waals surface area contributed by atoms with Crippen molar-refractivity contribution >= 4 is 46.0 Å². The molecule has 4 atom stereocenters. The quantitative estimate of drug-likeness (QED) is 0.158. The highest BCUT2D eigenvalue weighted by Gasteiger charge is 2.40. The summed E-state index contributed by atoms with van der Waals surface area (Å²) < 4.78 is 6.17. The van der Waals surface area contributed by atoms with E-state index in [1.54, 1.807) is 15.9 Å². The van der Waals surface area contributed by atoms with E-state index in [0.29, 0.717) is 48.6 Å². The van der Waals surface area contributed by atoms with Gasteiger partial charge in [0, 0.05) is 35.4 Å². The van der Waals surface area contributed by atoms with Crippen LogP contribution >= 0.6 is 0 Å². The van der Waals surface area contributed by atoms with Gasteiger partial charge in [0.25, 0.3) is 0 Å². The Hall–Kier alpha value is -5.78. The zero-order valence-corrected chi connectivity index (χ0v) is 31.8. The highest BCUT2D eigenvalue weighted by atomic mass is 16.3. The number of carbonyl (C=O) groups excluding carboxylic acids is 4. The van der Waals surface area contributed by atoms with Crippen molar-refractivity contribution in [2.45, 2.75) is 49.9 Å². The van der Waals surface area contributed by atoms with E-state index in [4.69, 9.17) is 4.42 Å². The number of likely N-dealkylation sites (tertiary alicyclic amines) is 2. The lowest BCUT2D eigenvalue weighted by atomic mass is 10.0. The molecule has 1 aromatic heterocycles. The standard InChI is InChI=1S/C44H48N6O5/c1-47(2)39(30-13-7-5-8-14-30)43(53)49-25-11-17-35(49)41(51)45-33-21-19-29(20-22-33)38-28-32-27-34(23-24-37(32)55-38)46-42(52)36-18-12-26-50(36)44(54)40(48(3)4)31-15-9-6-10-16-31/h5-10,13-16,19-24,27-28,35-36,39-40H,11-12,17-18,25-26H2,1-4H3,(H,45,51)(H,46,52)/t35-,36-,39+,40+/m0/s1. The summed E-state index contributed by atoms with van der Waals surface area (Å²) in [6.07, 6.45) is 2.73. The summed E-state index contributed by atoms with van der Waals surface area (Å²) in [5.74, 6) is 0.0614. The van der Waals surface area contributed by atoms with Crippen molar-refractivity contribution in [1.82, 2.24) is 19.6 Å².